The van der Waals surface area contributed by atoms with Gasteiger partial charge in [0.25, 0.3) is 0 Å². The molecule has 0 saturated carbocycles. The van der Waals surface area contributed by atoms with Gasteiger partial charge in [-0.1, -0.05) is 46.3 Å². The molecule has 0 spiro atoms. The first kappa shape index (κ1) is 12.5. The summed E-state index contributed by atoms with van der Waals surface area (Å²) in [5.41, 5.74) is 5.34. The lowest BCUT2D eigenvalue weighted by molar-refractivity contribution is 0.833. The molecular weight excluding hydrogens is 300 g/mol. The highest BCUT2D eigenvalue weighted by Gasteiger charge is 2.22. The van der Waals surface area contributed by atoms with Gasteiger partial charge in [0.05, 0.1) is 5.69 Å². The summed E-state index contributed by atoms with van der Waals surface area (Å²) in [5, 5.41) is 0. The van der Waals surface area contributed by atoms with E-state index in [4.69, 9.17) is 0 Å². The Balaban J connectivity index is 1.96. The van der Waals surface area contributed by atoms with Gasteiger partial charge in [0.2, 0.25) is 0 Å². The lowest BCUT2D eigenvalue weighted by Gasteiger charge is -2.30. The number of halogens is 1. The van der Waals surface area contributed by atoms with Crippen LogP contribution in [-0.4, -0.2) is 11.1 Å². The van der Waals surface area contributed by atoms with Gasteiger partial charge in [0, 0.05) is 42.6 Å². The van der Waals surface area contributed by atoms with Crippen molar-refractivity contribution in [1.29, 1.82) is 0 Å². The first-order valence-corrected chi connectivity index (χ1v) is 7.25. The minimum Gasteiger partial charge on any atom is -0.361 e. The first-order valence-electron chi connectivity index (χ1n) is 6.45. The Bertz CT molecular complexity index is 625. The summed E-state index contributed by atoms with van der Waals surface area (Å²) in [6, 6.07) is 10.6. The second-order valence-electron chi connectivity index (χ2n) is 5.16. The van der Waals surface area contributed by atoms with Crippen molar-refractivity contribution in [2.45, 2.75) is 13.5 Å². The molecular formula is C16H17BrN2. The van der Waals surface area contributed by atoms with Crippen molar-refractivity contribution in [1.82, 2.24) is 4.57 Å². The van der Waals surface area contributed by atoms with E-state index < -0.39 is 0 Å². The van der Waals surface area contributed by atoms with Crippen LogP contribution in [0.15, 0.2) is 48.3 Å². The van der Waals surface area contributed by atoms with Crippen molar-refractivity contribution in [3.63, 3.8) is 0 Å². The molecule has 3 rings (SSSR count). The molecule has 0 unspecified atom stereocenters. The number of nitrogens with zero attached hydrogens (tertiary/aromatic N) is 2. The van der Waals surface area contributed by atoms with Gasteiger partial charge in [0.15, 0.2) is 0 Å². The topological polar surface area (TPSA) is 8.17 Å². The van der Waals surface area contributed by atoms with Crippen molar-refractivity contribution in [2.24, 2.45) is 7.05 Å². The number of aryl methyl sites for hydroxylation is 1. The van der Waals surface area contributed by atoms with Crippen LogP contribution in [0.2, 0.25) is 0 Å². The fourth-order valence-electron chi connectivity index (χ4n) is 2.61. The Labute approximate surface area is 122 Å². The molecule has 1 aromatic heterocycles. The number of benzene rings is 1. The molecule has 2 nitrogen and oxygen atoms in total. The van der Waals surface area contributed by atoms with E-state index in [-0.39, 0.29) is 0 Å². The van der Waals surface area contributed by atoms with Crippen LogP contribution in [0.25, 0.3) is 4.48 Å². The van der Waals surface area contributed by atoms with Crippen LogP contribution in [0.3, 0.4) is 0 Å². The predicted molar refractivity (Wildman–Crippen MR) is 84.4 cm³/mol. The Morgan fingerprint density at radius 3 is 2.63 bits per heavy atom. The molecule has 0 atom stereocenters. The Hall–Kier alpha value is -1.48. The molecule has 19 heavy (non-hydrogen) atoms. The number of fused-ring (bicyclic) bond motifs is 1. The summed E-state index contributed by atoms with van der Waals surface area (Å²) in [5.74, 6) is 0. The summed E-state index contributed by atoms with van der Waals surface area (Å²) < 4.78 is 3.37. The number of hydrogen-bond donors (Lipinski definition) is 0. The van der Waals surface area contributed by atoms with Gasteiger partial charge < -0.3 is 9.47 Å². The third-order valence-corrected chi connectivity index (χ3v) is 4.63. The van der Waals surface area contributed by atoms with Gasteiger partial charge in [-0.15, -0.1) is 0 Å². The summed E-state index contributed by atoms with van der Waals surface area (Å²) in [6.45, 7) is 4.12. The largest absolute Gasteiger partial charge is 0.361 e. The maximum atomic E-state index is 3.72. The molecule has 98 valence electrons. The fourth-order valence-corrected chi connectivity index (χ4v) is 3.04. The third kappa shape index (κ3) is 2.35. The van der Waals surface area contributed by atoms with E-state index in [0.717, 1.165) is 13.1 Å². The van der Waals surface area contributed by atoms with Crippen LogP contribution < -0.4 is 4.90 Å². The lowest BCUT2D eigenvalue weighted by Crippen LogP contribution is -2.27. The normalized spacial score (nSPS) is 14.8. The molecule has 3 heteroatoms. The zero-order valence-electron chi connectivity index (χ0n) is 11.2. The van der Waals surface area contributed by atoms with E-state index in [0.29, 0.717) is 0 Å². The highest BCUT2D eigenvalue weighted by atomic mass is 79.9. The molecule has 1 aliphatic heterocycles. The molecule has 0 fully saturated rings. The molecule has 1 aliphatic rings. The molecule has 0 amide bonds. The highest BCUT2D eigenvalue weighted by Crippen LogP contribution is 2.39. The number of hydrogen-bond acceptors (Lipinski definition) is 1. The quantitative estimate of drug-likeness (QED) is 0.807. The molecule has 0 bridgehead atoms. The first-order chi connectivity index (χ1) is 9.15. The van der Waals surface area contributed by atoms with Crippen molar-refractivity contribution in [3.05, 3.63) is 59.4 Å². The summed E-state index contributed by atoms with van der Waals surface area (Å²) >= 11 is 3.72. The summed E-state index contributed by atoms with van der Waals surface area (Å²) in [7, 11) is 2.08. The second kappa shape index (κ2) is 4.89. The molecule has 1 aromatic carbocycles. The van der Waals surface area contributed by atoms with Crippen LogP contribution in [0, 0.1) is 0 Å². The molecule has 2 heterocycles. The van der Waals surface area contributed by atoms with Gasteiger partial charge in [0.1, 0.15) is 0 Å². The number of rotatable bonds is 2. The van der Waals surface area contributed by atoms with E-state index >= 15 is 0 Å². The van der Waals surface area contributed by atoms with Crippen molar-refractivity contribution < 1.29 is 0 Å². The molecule has 0 radical (unpaired) electrons. The van der Waals surface area contributed by atoms with Crippen LogP contribution in [0.5, 0.6) is 0 Å². The fraction of sp³-hybridized carbons (Fsp3) is 0.250. The zero-order valence-corrected chi connectivity index (χ0v) is 12.8. The average molecular weight is 317 g/mol. The molecule has 0 saturated heterocycles. The average Bonchev–Trinajstić information content (AvgIpc) is 2.79. The maximum Gasteiger partial charge on any atom is 0.0636 e. The predicted octanol–water partition coefficient (Wildman–Crippen LogP) is 4.17. The number of aromatic nitrogens is 1. The third-order valence-electron chi connectivity index (χ3n) is 3.53. The van der Waals surface area contributed by atoms with E-state index in [1.165, 1.54) is 26.9 Å². The Morgan fingerprint density at radius 1 is 1.16 bits per heavy atom. The SMILES string of the molecule is CC1=C(Br)c2cn(C)cc2N(Cc2ccccc2)C1. The lowest BCUT2D eigenvalue weighted by atomic mass is 10.1. The van der Waals surface area contributed by atoms with E-state index in [9.17, 15) is 0 Å². The maximum absolute atomic E-state index is 3.72. The van der Waals surface area contributed by atoms with Crippen LogP contribution in [0.1, 0.15) is 18.1 Å². The molecule has 2 aromatic rings. The van der Waals surface area contributed by atoms with Crippen LogP contribution in [-0.2, 0) is 13.6 Å². The van der Waals surface area contributed by atoms with E-state index in [1.807, 2.05) is 0 Å². The highest BCUT2D eigenvalue weighted by molar-refractivity contribution is 9.15. The van der Waals surface area contributed by atoms with E-state index in [2.05, 4.69) is 82.1 Å². The smallest absolute Gasteiger partial charge is 0.0636 e. The standard InChI is InChI=1S/C16H17BrN2/c1-12-8-19(9-13-6-4-3-5-7-13)15-11-18(2)10-14(15)16(12)17/h3-7,10-11H,8-9H2,1-2H3. The van der Waals surface area contributed by atoms with Gasteiger partial charge in [-0.2, -0.15) is 0 Å². The molecule has 0 aliphatic carbocycles. The second-order valence-corrected chi connectivity index (χ2v) is 5.95. The Kier molecular flexibility index (Phi) is 3.23. The van der Waals surface area contributed by atoms with Crippen LogP contribution >= 0.6 is 15.9 Å². The number of anilines is 1. The summed E-state index contributed by atoms with van der Waals surface area (Å²) in [6.07, 6.45) is 4.38. The minimum absolute atomic E-state index is 0.954. The van der Waals surface area contributed by atoms with Gasteiger partial charge >= 0.3 is 0 Å². The van der Waals surface area contributed by atoms with Crippen molar-refractivity contribution in [3.8, 4) is 0 Å². The van der Waals surface area contributed by atoms with Gasteiger partial charge in [-0.25, -0.2) is 0 Å². The van der Waals surface area contributed by atoms with Crippen molar-refractivity contribution >= 4 is 26.1 Å². The Morgan fingerprint density at radius 2 is 1.89 bits per heavy atom. The zero-order chi connectivity index (χ0) is 13.4. The van der Waals surface area contributed by atoms with Gasteiger partial charge in [-0.3, -0.25) is 0 Å². The van der Waals surface area contributed by atoms with E-state index in [1.54, 1.807) is 0 Å². The van der Waals surface area contributed by atoms with Gasteiger partial charge in [-0.05, 0) is 18.1 Å². The monoisotopic (exact) mass is 316 g/mol. The minimum atomic E-state index is 0.954. The summed E-state index contributed by atoms with van der Waals surface area (Å²) in [4.78, 5) is 2.44. The van der Waals surface area contributed by atoms with Crippen molar-refractivity contribution in [2.75, 3.05) is 11.4 Å². The molecule has 0 N–H and O–H groups in total. The van der Waals surface area contributed by atoms with Crippen LogP contribution in [0.4, 0.5) is 5.69 Å².